The number of hydrogen-bond acceptors (Lipinski definition) is 23. The maximum absolute atomic E-state index is 13.0. The molecule has 0 aromatic heterocycles. The van der Waals surface area contributed by atoms with Crippen molar-refractivity contribution in [1.82, 2.24) is 0 Å². The second kappa shape index (κ2) is 37.0. The van der Waals surface area contributed by atoms with E-state index in [0.29, 0.717) is 21.9 Å². The quantitative estimate of drug-likeness (QED) is 0.0403. The Morgan fingerprint density at radius 3 is 1.01 bits per heavy atom. The fourth-order valence-electron chi connectivity index (χ4n) is 5.26. The van der Waals surface area contributed by atoms with Gasteiger partial charge in [0, 0.05) is 37.6 Å². The van der Waals surface area contributed by atoms with E-state index < -0.39 is 26.8 Å². The molecule has 0 aliphatic carbocycles. The van der Waals surface area contributed by atoms with Crippen LogP contribution >= 0.6 is 0 Å². The minimum absolute atomic E-state index is 0. The smallest absolute Gasteiger partial charge is 0.872 e. The summed E-state index contributed by atoms with van der Waals surface area (Å²) in [5.41, 5.74) is 2.60. The predicted molar refractivity (Wildman–Crippen MR) is 227 cm³/mol. The Bertz CT molecular complexity index is 2050. The molecule has 4 rings (SSSR count). The van der Waals surface area contributed by atoms with Crippen molar-refractivity contribution in [2.45, 2.75) is 27.7 Å². The molecule has 26 nitrogen and oxygen atoms in total. The Morgan fingerprint density at radius 1 is 0.493 bits per heavy atom. The van der Waals surface area contributed by atoms with Crippen molar-refractivity contribution >= 4 is 47.0 Å². The Labute approximate surface area is 437 Å². The molecule has 0 saturated heterocycles. The summed E-state index contributed by atoms with van der Waals surface area (Å²) in [6.45, 7) is 11.3. The molecular formula is C38H42CeCu2N9O17. The summed E-state index contributed by atoms with van der Waals surface area (Å²) in [4.78, 5) is 49.6. The van der Waals surface area contributed by atoms with Gasteiger partial charge in [-0.3, -0.25) is 0 Å². The molecular weight excluding hydrogens is 1120 g/mol. The Kier molecular flexibility index (Phi) is 35.9. The maximum atomic E-state index is 13.0. The van der Waals surface area contributed by atoms with Gasteiger partial charge in [0.05, 0.1) is 40.1 Å². The number of hydrogen-bond donors (Lipinski definition) is 0. The average Bonchev–Trinajstić information content (AvgIpc) is 3.23. The van der Waals surface area contributed by atoms with E-state index in [9.17, 15) is 20.4 Å². The molecule has 0 unspecified atom stereocenters. The molecule has 0 bridgehead atoms. The van der Waals surface area contributed by atoms with Crippen molar-refractivity contribution in [3.63, 3.8) is 0 Å². The zero-order chi connectivity index (χ0) is 48.0. The van der Waals surface area contributed by atoms with Crippen molar-refractivity contribution in [3.05, 3.63) is 129 Å². The van der Waals surface area contributed by atoms with Gasteiger partial charge in [-0.15, -0.1) is 11.5 Å². The zero-order valence-corrected chi connectivity index (χ0v) is 40.8. The molecule has 29 heteroatoms. The molecule has 67 heavy (non-hydrogen) atoms. The van der Waals surface area contributed by atoms with Crippen LogP contribution in [0.5, 0.6) is 23.0 Å². The molecule has 0 N–H and O–H groups in total. The van der Waals surface area contributed by atoms with E-state index in [1.165, 1.54) is 24.9 Å². The van der Waals surface area contributed by atoms with Crippen LogP contribution in [-0.4, -0.2) is 92.7 Å². The summed E-state index contributed by atoms with van der Waals surface area (Å²) in [6, 6.07) is 17.1. The molecule has 4 aromatic carbocycles. The van der Waals surface area contributed by atoms with E-state index in [-0.39, 0.29) is 125 Å². The zero-order valence-electron chi connectivity index (χ0n) is 35.8. The molecule has 0 aliphatic rings. The Hall–Kier alpha value is -6.16. The number of fused-ring (bicyclic) bond motifs is 1. The summed E-state index contributed by atoms with van der Waals surface area (Å²) in [5.74, 6) is -1.90. The van der Waals surface area contributed by atoms with Crippen LogP contribution in [0.1, 0.15) is 49.9 Å². The first-order valence-electron chi connectivity index (χ1n) is 18.6. The molecule has 3 radical (unpaired) electrons. The van der Waals surface area contributed by atoms with Crippen LogP contribution in [0.15, 0.2) is 81.3 Å². The van der Waals surface area contributed by atoms with Crippen LogP contribution in [0.4, 0.5) is 11.4 Å². The minimum Gasteiger partial charge on any atom is -0.872 e. The number of rotatable bonds is 20. The molecule has 4 aromatic rings. The second-order valence-corrected chi connectivity index (χ2v) is 11.8. The van der Waals surface area contributed by atoms with Crippen LogP contribution < -0.4 is 30.2 Å². The van der Waals surface area contributed by atoms with E-state index in [2.05, 4.69) is 30.4 Å². The third kappa shape index (κ3) is 25.4. The first-order valence-corrected chi connectivity index (χ1v) is 18.6. The molecule has 0 fully saturated rings. The topological polar surface area (TPSA) is 384 Å². The van der Waals surface area contributed by atoms with Gasteiger partial charge in [-0.1, -0.05) is 68.5 Å². The molecule has 0 aliphatic heterocycles. The number of nitrogens with zero attached hydrogens (tertiary/aromatic N) is 9. The SMILES string of the molecule is CCN(CC)c1ccc(/C=N/OCCO/N=C/c2c([O-])c([O-])c(/C=N/OCCO/N=C/c3ccc(N(CC)CC)cc3[O-])c3ccccc23)c([O-])c1.O=[N+]([O-])[O-].O=[N+]([O-])[O-].O=[N+]([O-])[O-].[Ce+3].[Cu+2].[Cu+2]. The number of anilines is 2. The van der Waals surface area contributed by atoms with Crippen LogP contribution in [0.2, 0.25) is 0 Å². The Morgan fingerprint density at radius 2 is 0.761 bits per heavy atom. The summed E-state index contributed by atoms with van der Waals surface area (Å²) >= 11 is 0. The van der Waals surface area contributed by atoms with Crippen molar-refractivity contribution in [2.75, 3.05) is 62.4 Å². The van der Waals surface area contributed by atoms with Crippen LogP contribution in [0.25, 0.3) is 10.8 Å². The van der Waals surface area contributed by atoms with Gasteiger partial charge >= 0.3 is 75.9 Å². The van der Waals surface area contributed by atoms with Crippen molar-refractivity contribution in [2.24, 2.45) is 20.6 Å². The van der Waals surface area contributed by atoms with Crippen LogP contribution in [0.3, 0.4) is 0 Å². The largest absolute Gasteiger partial charge is 3.00 e. The Balaban J connectivity index is -0.00000244. The van der Waals surface area contributed by atoms with Gasteiger partial charge in [0.25, 0.3) is 0 Å². The van der Waals surface area contributed by atoms with Crippen molar-refractivity contribution < 1.29 is 131 Å². The minimum atomic E-state index is -1.75. The van der Waals surface area contributed by atoms with Gasteiger partial charge in [0.15, 0.2) is 26.4 Å². The third-order valence-corrected chi connectivity index (χ3v) is 8.03. The van der Waals surface area contributed by atoms with Gasteiger partial charge < -0.3 is 95.5 Å². The van der Waals surface area contributed by atoms with Gasteiger partial charge in [0.1, 0.15) is 0 Å². The van der Waals surface area contributed by atoms with Gasteiger partial charge in [-0.25, -0.2) is 0 Å². The standard InChI is InChI=1S/C38H46N6O8.Ce.2Cu.3NO3/c1-5-43(6-2)29-15-13-27(35(45)21-29)23-39-49-17-19-51-41-25-33-31-11-9-10-12-32(31)34(38(48)37(33)47)26-42-52-20-18-50-40-24-28-14-16-30(22-36(28)46)44(7-3)8-4;;;;3*2-1(3)4/h9-16,21-26,45-48H,5-8,17-20H2,1-4H3;;;;;;/q;+3;2*+2;3*-1/p-4/b39-23+,40-24+,41-25+,42-26+;;;;;;. The van der Waals surface area contributed by atoms with Crippen LogP contribution in [-0.2, 0) is 53.5 Å². The molecule has 0 amide bonds. The van der Waals surface area contributed by atoms with E-state index in [1.807, 2.05) is 39.8 Å². The normalized spacial score (nSPS) is 10.1. The summed E-state index contributed by atoms with van der Waals surface area (Å²) in [6.07, 6.45) is 5.03. The summed E-state index contributed by atoms with van der Waals surface area (Å²) < 4.78 is 0. The number of benzene rings is 4. The van der Waals surface area contributed by atoms with Crippen molar-refractivity contribution in [3.8, 4) is 23.0 Å². The fraction of sp³-hybridized carbons (Fsp3) is 0.316. The van der Waals surface area contributed by atoms with E-state index >= 15 is 0 Å². The van der Waals surface area contributed by atoms with E-state index in [1.54, 1.807) is 48.5 Å². The predicted octanol–water partition coefficient (Wildman–Crippen LogP) is 2.91. The van der Waals surface area contributed by atoms with E-state index in [4.69, 9.17) is 65.3 Å². The van der Waals surface area contributed by atoms with Gasteiger partial charge in [-0.2, -0.15) is 0 Å². The molecule has 0 saturated carbocycles. The molecule has 0 atom stereocenters. The summed E-state index contributed by atoms with van der Waals surface area (Å²) in [7, 11) is 0. The molecule has 0 spiro atoms. The number of oxime groups is 4. The van der Waals surface area contributed by atoms with Crippen LogP contribution in [0, 0.1) is 87.7 Å². The second-order valence-electron chi connectivity index (χ2n) is 11.8. The van der Waals surface area contributed by atoms with Gasteiger partial charge in [0.2, 0.25) is 0 Å². The third-order valence-electron chi connectivity index (χ3n) is 8.03. The van der Waals surface area contributed by atoms with Crippen molar-refractivity contribution in [1.29, 1.82) is 0 Å². The first kappa shape index (κ1) is 65.1. The average molecular weight is 1160 g/mol. The van der Waals surface area contributed by atoms with E-state index in [0.717, 1.165) is 37.6 Å². The fourth-order valence-corrected chi connectivity index (χ4v) is 5.26. The first-order chi connectivity index (χ1) is 30.5. The summed E-state index contributed by atoms with van der Waals surface area (Å²) in [5, 5.41) is 111. The molecule has 0 heterocycles. The monoisotopic (exact) mass is 1160 g/mol. The van der Waals surface area contributed by atoms with Gasteiger partial charge in [-0.05, 0) is 85.0 Å². The maximum Gasteiger partial charge on any atom is 3.00 e. The molecule has 367 valence electrons.